The van der Waals surface area contributed by atoms with Gasteiger partial charge in [0.05, 0.1) is 4.90 Å². The maximum atomic E-state index is 14.1. The van der Waals surface area contributed by atoms with Gasteiger partial charge < -0.3 is 10.3 Å². The first kappa shape index (κ1) is 19.8. The standard InChI is InChI=1S/C22H16F2N2O3S/c1-30(28,29)17-7-5-14-10-21(26-20(14)12-17)22(27)25-16-4-2-3-13(9-16)18-8-6-15(23)11-19(18)24/h2-12,26H,1H3,(H,25,27). The van der Waals surface area contributed by atoms with Crippen molar-refractivity contribution in [1.29, 1.82) is 0 Å². The van der Waals surface area contributed by atoms with Gasteiger partial charge in [0.2, 0.25) is 0 Å². The molecular formula is C22H16F2N2O3S. The van der Waals surface area contributed by atoms with E-state index in [1.165, 1.54) is 24.3 Å². The van der Waals surface area contributed by atoms with Crippen LogP contribution in [-0.2, 0) is 9.84 Å². The number of carbonyl (C=O) groups excluding carboxylic acids is 1. The minimum atomic E-state index is -3.37. The lowest BCUT2D eigenvalue weighted by atomic mass is 10.0. The molecule has 1 aromatic heterocycles. The highest BCUT2D eigenvalue weighted by Crippen LogP contribution is 2.26. The van der Waals surface area contributed by atoms with Gasteiger partial charge in [-0.05, 0) is 48.0 Å². The van der Waals surface area contributed by atoms with Crippen LogP contribution in [0.4, 0.5) is 14.5 Å². The molecule has 0 aliphatic rings. The number of aromatic nitrogens is 1. The summed E-state index contributed by atoms with van der Waals surface area (Å²) < 4.78 is 50.6. The molecule has 5 nitrogen and oxygen atoms in total. The van der Waals surface area contributed by atoms with Crippen molar-refractivity contribution in [2.45, 2.75) is 4.90 Å². The zero-order valence-corrected chi connectivity index (χ0v) is 16.6. The van der Waals surface area contributed by atoms with Crippen LogP contribution in [0.5, 0.6) is 0 Å². The lowest BCUT2D eigenvalue weighted by Crippen LogP contribution is -2.12. The van der Waals surface area contributed by atoms with Crippen LogP contribution < -0.4 is 5.32 Å². The van der Waals surface area contributed by atoms with E-state index in [1.807, 2.05) is 0 Å². The number of fused-ring (bicyclic) bond motifs is 1. The summed E-state index contributed by atoms with van der Waals surface area (Å²) in [5.74, 6) is -1.81. The predicted octanol–water partition coefficient (Wildman–Crippen LogP) is 4.77. The molecule has 0 unspecified atom stereocenters. The van der Waals surface area contributed by atoms with Gasteiger partial charge in [0, 0.05) is 34.5 Å². The fourth-order valence-electron chi connectivity index (χ4n) is 3.15. The van der Waals surface area contributed by atoms with Gasteiger partial charge in [-0.1, -0.05) is 18.2 Å². The maximum Gasteiger partial charge on any atom is 0.272 e. The first-order chi connectivity index (χ1) is 14.2. The number of benzene rings is 3. The Kier molecular flexibility index (Phi) is 4.87. The Morgan fingerprint density at radius 1 is 0.967 bits per heavy atom. The summed E-state index contributed by atoms with van der Waals surface area (Å²) >= 11 is 0. The van der Waals surface area contributed by atoms with Crippen molar-refractivity contribution in [3.8, 4) is 11.1 Å². The average molecular weight is 426 g/mol. The zero-order chi connectivity index (χ0) is 21.5. The molecular weight excluding hydrogens is 410 g/mol. The van der Waals surface area contributed by atoms with E-state index in [0.29, 0.717) is 22.2 Å². The van der Waals surface area contributed by atoms with Gasteiger partial charge >= 0.3 is 0 Å². The highest BCUT2D eigenvalue weighted by molar-refractivity contribution is 7.90. The Hall–Kier alpha value is -3.52. The molecule has 0 saturated carbocycles. The zero-order valence-electron chi connectivity index (χ0n) is 15.7. The number of amides is 1. The van der Waals surface area contributed by atoms with Gasteiger partial charge in [-0.2, -0.15) is 0 Å². The summed E-state index contributed by atoms with van der Waals surface area (Å²) in [6.45, 7) is 0. The van der Waals surface area contributed by atoms with Crippen LogP contribution in [0.1, 0.15) is 10.5 Å². The fraction of sp³-hybridized carbons (Fsp3) is 0.0455. The quantitative estimate of drug-likeness (QED) is 0.493. The second kappa shape index (κ2) is 7.38. The van der Waals surface area contributed by atoms with Crippen LogP contribution >= 0.6 is 0 Å². The third-order valence-electron chi connectivity index (χ3n) is 4.63. The van der Waals surface area contributed by atoms with Gasteiger partial charge in [-0.3, -0.25) is 4.79 Å². The molecule has 0 fully saturated rings. The molecule has 0 atom stereocenters. The summed E-state index contributed by atoms with van der Waals surface area (Å²) in [6.07, 6.45) is 1.11. The first-order valence-corrected chi connectivity index (χ1v) is 10.8. The van der Waals surface area contributed by atoms with Crippen LogP contribution in [-0.4, -0.2) is 25.6 Å². The number of rotatable bonds is 4. The molecule has 1 heterocycles. The van der Waals surface area contributed by atoms with Crippen LogP contribution in [0.15, 0.2) is 71.6 Å². The van der Waals surface area contributed by atoms with Crippen molar-refractivity contribution in [3.05, 3.63) is 84.1 Å². The van der Waals surface area contributed by atoms with Crippen molar-refractivity contribution < 1.29 is 22.0 Å². The molecule has 152 valence electrons. The highest BCUT2D eigenvalue weighted by Gasteiger charge is 2.14. The number of anilines is 1. The third kappa shape index (κ3) is 3.95. The van der Waals surface area contributed by atoms with E-state index in [1.54, 1.807) is 36.4 Å². The van der Waals surface area contributed by atoms with Gasteiger partial charge in [-0.25, -0.2) is 17.2 Å². The average Bonchev–Trinajstić information content (AvgIpc) is 3.11. The molecule has 1 amide bonds. The minimum absolute atomic E-state index is 0.151. The van der Waals surface area contributed by atoms with Crippen LogP contribution in [0.25, 0.3) is 22.0 Å². The van der Waals surface area contributed by atoms with Crippen LogP contribution in [0, 0.1) is 11.6 Å². The summed E-state index contributed by atoms with van der Waals surface area (Å²) in [4.78, 5) is 15.7. The fourth-order valence-corrected chi connectivity index (χ4v) is 3.79. The van der Waals surface area contributed by atoms with Crippen LogP contribution in [0.2, 0.25) is 0 Å². The number of hydrogen-bond donors (Lipinski definition) is 2. The smallest absolute Gasteiger partial charge is 0.272 e. The number of H-pyrrole nitrogens is 1. The number of nitrogens with one attached hydrogen (secondary N) is 2. The molecule has 0 saturated heterocycles. The summed E-state index contributed by atoms with van der Waals surface area (Å²) in [5, 5.41) is 3.41. The van der Waals surface area contributed by atoms with E-state index in [4.69, 9.17) is 0 Å². The molecule has 4 aromatic rings. The van der Waals surface area contributed by atoms with E-state index < -0.39 is 27.4 Å². The second-order valence-corrected chi connectivity index (χ2v) is 8.88. The van der Waals surface area contributed by atoms with E-state index in [2.05, 4.69) is 10.3 Å². The van der Waals surface area contributed by atoms with E-state index in [-0.39, 0.29) is 16.2 Å². The van der Waals surface area contributed by atoms with Crippen molar-refractivity contribution in [2.24, 2.45) is 0 Å². The number of carbonyl (C=O) groups is 1. The maximum absolute atomic E-state index is 14.1. The molecule has 0 aliphatic carbocycles. The number of halogens is 2. The molecule has 3 aromatic carbocycles. The Morgan fingerprint density at radius 3 is 2.50 bits per heavy atom. The van der Waals surface area contributed by atoms with Gasteiger partial charge in [-0.15, -0.1) is 0 Å². The molecule has 4 rings (SSSR count). The van der Waals surface area contributed by atoms with Crippen LogP contribution in [0.3, 0.4) is 0 Å². The summed E-state index contributed by atoms with van der Waals surface area (Å²) in [7, 11) is -3.37. The highest BCUT2D eigenvalue weighted by atomic mass is 32.2. The van der Waals surface area contributed by atoms with Gasteiger partial charge in [0.1, 0.15) is 17.3 Å². The molecule has 8 heteroatoms. The second-order valence-electron chi connectivity index (χ2n) is 6.86. The molecule has 0 radical (unpaired) electrons. The monoisotopic (exact) mass is 426 g/mol. The van der Waals surface area contributed by atoms with Gasteiger partial charge in [0.25, 0.3) is 5.91 Å². The molecule has 0 spiro atoms. The van der Waals surface area contributed by atoms with Crippen molar-refractivity contribution in [1.82, 2.24) is 4.98 Å². The molecule has 0 bridgehead atoms. The normalized spacial score (nSPS) is 11.6. The number of hydrogen-bond acceptors (Lipinski definition) is 3. The Labute approximate surface area is 171 Å². The Bertz CT molecular complexity index is 1390. The SMILES string of the molecule is CS(=O)(=O)c1ccc2cc(C(=O)Nc3cccc(-c4ccc(F)cc4F)c3)[nH]c2c1. The van der Waals surface area contributed by atoms with Crippen molar-refractivity contribution in [2.75, 3.05) is 11.6 Å². The molecule has 0 aliphatic heterocycles. The van der Waals surface area contributed by atoms with E-state index in [9.17, 15) is 22.0 Å². The molecule has 30 heavy (non-hydrogen) atoms. The Morgan fingerprint density at radius 2 is 1.77 bits per heavy atom. The largest absolute Gasteiger partial charge is 0.350 e. The summed E-state index contributed by atoms with van der Waals surface area (Å²) in [6, 6.07) is 16.0. The van der Waals surface area contributed by atoms with Gasteiger partial charge in [0.15, 0.2) is 9.84 Å². The summed E-state index contributed by atoms with van der Waals surface area (Å²) in [5.41, 5.74) is 1.89. The van der Waals surface area contributed by atoms with Crippen molar-refractivity contribution >= 4 is 32.3 Å². The topological polar surface area (TPSA) is 79.0 Å². The Balaban J connectivity index is 1.61. The third-order valence-corrected chi connectivity index (χ3v) is 5.74. The lowest BCUT2D eigenvalue weighted by molar-refractivity contribution is 0.102. The number of aromatic amines is 1. The predicted molar refractivity (Wildman–Crippen MR) is 111 cm³/mol. The first-order valence-electron chi connectivity index (χ1n) is 8.90. The molecule has 2 N–H and O–H groups in total. The lowest BCUT2D eigenvalue weighted by Gasteiger charge is -2.08. The van der Waals surface area contributed by atoms with Crippen molar-refractivity contribution in [3.63, 3.8) is 0 Å². The van der Waals surface area contributed by atoms with E-state index in [0.717, 1.165) is 12.3 Å². The number of sulfone groups is 1. The minimum Gasteiger partial charge on any atom is -0.350 e. The van der Waals surface area contributed by atoms with E-state index >= 15 is 0 Å².